The molecule has 0 aromatic rings. The molecule has 1 N–H and O–H groups in total. The molecule has 2 unspecified atom stereocenters. The van der Waals surface area contributed by atoms with Gasteiger partial charge in [-0.15, -0.1) is 6.42 Å². The van der Waals surface area contributed by atoms with Gasteiger partial charge in [0.1, 0.15) is 0 Å². The molecule has 0 spiro atoms. The maximum Gasteiger partial charge on any atom is 0.0601 e. The molecule has 0 bridgehead atoms. The first-order valence-corrected chi connectivity index (χ1v) is 5.60. The summed E-state index contributed by atoms with van der Waals surface area (Å²) in [6.07, 6.45) is 10.9. The third-order valence-corrected chi connectivity index (χ3v) is 2.87. The van der Waals surface area contributed by atoms with Crippen molar-refractivity contribution in [3.63, 3.8) is 0 Å². The largest absolute Gasteiger partial charge is 0.377 e. The Balaban J connectivity index is 2.02. The van der Waals surface area contributed by atoms with Gasteiger partial charge in [0.15, 0.2) is 0 Å². The number of hydrogen-bond acceptors (Lipinski definition) is 2. The SMILES string of the molecule is C#CCNCCOC1CCCCC1C. The van der Waals surface area contributed by atoms with Gasteiger partial charge >= 0.3 is 0 Å². The zero-order valence-corrected chi connectivity index (χ0v) is 9.09. The topological polar surface area (TPSA) is 21.3 Å². The maximum atomic E-state index is 5.81. The molecule has 0 heterocycles. The van der Waals surface area contributed by atoms with Gasteiger partial charge in [-0.2, -0.15) is 0 Å². The molecule has 1 aliphatic rings. The van der Waals surface area contributed by atoms with Crippen molar-refractivity contribution in [1.82, 2.24) is 5.32 Å². The Morgan fingerprint density at radius 2 is 2.21 bits per heavy atom. The Morgan fingerprint density at radius 3 is 2.93 bits per heavy atom. The Labute approximate surface area is 87.4 Å². The van der Waals surface area contributed by atoms with Crippen LogP contribution in [0.4, 0.5) is 0 Å². The van der Waals surface area contributed by atoms with Gasteiger partial charge in [0.2, 0.25) is 0 Å². The number of hydrogen-bond donors (Lipinski definition) is 1. The second-order valence-electron chi connectivity index (χ2n) is 4.05. The number of nitrogens with one attached hydrogen (secondary N) is 1. The van der Waals surface area contributed by atoms with Crippen molar-refractivity contribution in [2.45, 2.75) is 38.7 Å². The summed E-state index contributed by atoms with van der Waals surface area (Å²) in [7, 11) is 0. The molecule has 2 atom stereocenters. The molecule has 0 saturated heterocycles. The van der Waals surface area contributed by atoms with E-state index in [0.717, 1.165) is 19.1 Å². The van der Waals surface area contributed by atoms with Crippen molar-refractivity contribution < 1.29 is 4.74 Å². The van der Waals surface area contributed by atoms with Crippen LogP contribution >= 0.6 is 0 Å². The number of ether oxygens (including phenoxy) is 1. The first-order chi connectivity index (χ1) is 6.84. The molecular formula is C12H21NO. The van der Waals surface area contributed by atoms with Crippen LogP contribution in [-0.2, 0) is 4.74 Å². The Hall–Kier alpha value is -0.520. The Bertz CT molecular complexity index is 185. The average molecular weight is 195 g/mol. The van der Waals surface area contributed by atoms with Crippen LogP contribution in [0, 0.1) is 18.3 Å². The smallest absolute Gasteiger partial charge is 0.0601 e. The minimum absolute atomic E-state index is 0.483. The van der Waals surface area contributed by atoms with Gasteiger partial charge < -0.3 is 10.1 Å². The first kappa shape index (κ1) is 11.6. The molecule has 1 fully saturated rings. The molecule has 14 heavy (non-hydrogen) atoms. The summed E-state index contributed by atoms with van der Waals surface area (Å²) in [5.74, 6) is 3.28. The fourth-order valence-electron chi connectivity index (χ4n) is 1.97. The molecule has 1 saturated carbocycles. The lowest BCUT2D eigenvalue weighted by atomic mass is 9.88. The van der Waals surface area contributed by atoms with E-state index in [-0.39, 0.29) is 0 Å². The van der Waals surface area contributed by atoms with E-state index in [1.54, 1.807) is 0 Å². The molecule has 1 aliphatic carbocycles. The van der Waals surface area contributed by atoms with Crippen molar-refractivity contribution in [2.75, 3.05) is 19.7 Å². The van der Waals surface area contributed by atoms with Crippen LogP contribution in [0.2, 0.25) is 0 Å². The fraction of sp³-hybridized carbons (Fsp3) is 0.833. The zero-order chi connectivity index (χ0) is 10.2. The summed E-state index contributed by atoms with van der Waals surface area (Å²) in [5.41, 5.74) is 0. The molecule has 2 heteroatoms. The van der Waals surface area contributed by atoms with Crippen LogP contribution in [0.5, 0.6) is 0 Å². The standard InChI is InChI=1S/C12H21NO/c1-3-8-13-9-10-14-12-7-5-4-6-11(12)2/h1,11-13H,4-10H2,2H3. The third kappa shape index (κ3) is 4.13. The molecule has 0 aromatic heterocycles. The molecule has 2 nitrogen and oxygen atoms in total. The summed E-state index contributed by atoms with van der Waals surface area (Å²) < 4.78 is 5.81. The molecule has 0 radical (unpaired) electrons. The van der Waals surface area contributed by atoms with Gasteiger partial charge in [-0.25, -0.2) is 0 Å². The predicted molar refractivity (Wildman–Crippen MR) is 59.1 cm³/mol. The second-order valence-corrected chi connectivity index (χ2v) is 4.05. The molecule has 80 valence electrons. The van der Waals surface area contributed by atoms with Crippen LogP contribution < -0.4 is 5.32 Å². The predicted octanol–water partition coefficient (Wildman–Crippen LogP) is 1.80. The molecule has 0 aromatic carbocycles. The minimum Gasteiger partial charge on any atom is -0.377 e. The van der Waals surface area contributed by atoms with Gasteiger partial charge in [0.05, 0.1) is 19.3 Å². The summed E-state index contributed by atoms with van der Waals surface area (Å²) in [6, 6.07) is 0. The van der Waals surface area contributed by atoms with Crippen molar-refractivity contribution in [1.29, 1.82) is 0 Å². The number of terminal acetylenes is 1. The van der Waals surface area contributed by atoms with Crippen LogP contribution in [0.3, 0.4) is 0 Å². The van der Waals surface area contributed by atoms with Gasteiger partial charge in [0.25, 0.3) is 0 Å². The monoisotopic (exact) mass is 195 g/mol. The highest BCUT2D eigenvalue weighted by atomic mass is 16.5. The van der Waals surface area contributed by atoms with E-state index in [0.29, 0.717) is 12.6 Å². The normalized spacial score (nSPS) is 27.1. The van der Waals surface area contributed by atoms with E-state index in [1.807, 2.05) is 0 Å². The van der Waals surface area contributed by atoms with E-state index >= 15 is 0 Å². The van der Waals surface area contributed by atoms with E-state index in [2.05, 4.69) is 18.2 Å². The number of rotatable bonds is 5. The summed E-state index contributed by atoms with van der Waals surface area (Å²) in [4.78, 5) is 0. The quantitative estimate of drug-likeness (QED) is 0.533. The summed E-state index contributed by atoms with van der Waals surface area (Å²) in [5, 5.41) is 3.13. The lowest BCUT2D eigenvalue weighted by Gasteiger charge is -2.28. The highest BCUT2D eigenvalue weighted by Crippen LogP contribution is 2.25. The van der Waals surface area contributed by atoms with E-state index in [4.69, 9.17) is 11.2 Å². The van der Waals surface area contributed by atoms with Crippen LogP contribution in [-0.4, -0.2) is 25.8 Å². The Kier molecular flexibility index (Phi) is 5.66. The first-order valence-electron chi connectivity index (χ1n) is 5.60. The second kappa shape index (κ2) is 6.86. The Morgan fingerprint density at radius 1 is 1.43 bits per heavy atom. The molecular weight excluding hydrogens is 174 g/mol. The molecule has 0 aliphatic heterocycles. The average Bonchev–Trinajstić information content (AvgIpc) is 2.20. The maximum absolute atomic E-state index is 5.81. The van der Waals surface area contributed by atoms with Crippen LogP contribution in [0.25, 0.3) is 0 Å². The summed E-state index contributed by atoms with van der Waals surface area (Å²) in [6.45, 7) is 4.59. The lowest BCUT2D eigenvalue weighted by molar-refractivity contribution is -0.00286. The van der Waals surface area contributed by atoms with E-state index < -0.39 is 0 Å². The van der Waals surface area contributed by atoms with Gasteiger partial charge in [0, 0.05) is 6.54 Å². The van der Waals surface area contributed by atoms with Gasteiger partial charge in [-0.05, 0) is 18.8 Å². The van der Waals surface area contributed by atoms with Crippen molar-refractivity contribution in [2.24, 2.45) is 5.92 Å². The van der Waals surface area contributed by atoms with E-state index in [9.17, 15) is 0 Å². The third-order valence-electron chi connectivity index (χ3n) is 2.87. The minimum atomic E-state index is 0.483. The zero-order valence-electron chi connectivity index (χ0n) is 9.09. The molecule has 1 rings (SSSR count). The highest BCUT2D eigenvalue weighted by Gasteiger charge is 2.21. The molecule has 0 amide bonds. The van der Waals surface area contributed by atoms with Crippen molar-refractivity contribution >= 4 is 0 Å². The van der Waals surface area contributed by atoms with E-state index in [1.165, 1.54) is 25.7 Å². The summed E-state index contributed by atoms with van der Waals surface area (Å²) >= 11 is 0. The fourth-order valence-corrected chi connectivity index (χ4v) is 1.97. The van der Waals surface area contributed by atoms with Crippen molar-refractivity contribution in [3.05, 3.63) is 0 Å². The van der Waals surface area contributed by atoms with Crippen molar-refractivity contribution in [3.8, 4) is 12.3 Å². The van der Waals surface area contributed by atoms with Gasteiger partial charge in [-0.3, -0.25) is 0 Å². The lowest BCUT2D eigenvalue weighted by Crippen LogP contribution is -2.29. The van der Waals surface area contributed by atoms with Gasteiger partial charge in [-0.1, -0.05) is 25.7 Å². The van der Waals surface area contributed by atoms with Crippen LogP contribution in [0.1, 0.15) is 32.6 Å². The van der Waals surface area contributed by atoms with Crippen LogP contribution in [0.15, 0.2) is 0 Å². The highest BCUT2D eigenvalue weighted by molar-refractivity contribution is 4.86.